The maximum atomic E-state index is 12.8. The van der Waals surface area contributed by atoms with Gasteiger partial charge in [0.2, 0.25) is 5.91 Å². The van der Waals surface area contributed by atoms with Crippen molar-refractivity contribution in [2.24, 2.45) is 0 Å². The first-order chi connectivity index (χ1) is 14.1. The van der Waals surface area contributed by atoms with Crippen molar-refractivity contribution in [3.05, 3.63) is 46.5 Å². The molecule has 0 aliphatic carbocycles. The van der Waals surface area contributed by atoms with Gasteiger partial charge in [-0.25, -0.2) is 0 Å². The number of rotatable bonds is 8. The molecule has 2 heterocycles. The summed E-state index contributed by atoms with van der Waals surface area (Å²) in [6.45, 7) is 1.18. The number of halogens is 1. The summed E-state index contributed by atoms with van der Waals surface area (Å²) in [6, 6.07) is 6.17. The van der Waals surface area contributed by atoms with Crippen LogP contribution < -0.4 is 10.6 Å². The van der Waals surface area contributed by atoms with Crippen LogP contribution in [-0.4, -0.2) is 44.6 Å². The number of thioether (sulfide) groups is 1. The summed E-state index contributed by atoms with van der Waals surface area (Å²) >= 11 is 7.74. The lowest BCUT2D eigenvalue weighted by atomic mass is 10.1. The smallest absolute Gasteiger partial charge is 0.253 e. The highest BCUT2D eigenvalue weighted by Crippen LogP contribution is 2.16. The van der Waals surface area contributed by atoms with Crippen LogP contribution >= 0.6 is 23.4 Å². The molecule has 0 saturated heterocycles. The summed E-state index contributed by atoms with van der Waals surface area (Å²) in [4.78, 5) is 25.4. The average Bonchev–Trinajstić information content (AvgIpc) is 2.95. The fraction of sp³-hybridized carbons (Fsp3) is 0.500. The second-order valence-electron chi connectivity index (χ2n) is 7.00. The van der Waals surface area contributed by atoms with Gasteiger partial charge in [0.25, 0.3) is 5.91 Å². The Hall–Kier alpha value is -2.06. The van der Waals surface area contributed by atoms with Crippen LogP contribution in [0.3, 0.4) is 0 Å². The second kappa shape index (κ2) is 10.6. The minimum Gasteiger partial charge on any atom is -0.347 e. The number of carbonyl (C=O) groups excluding carboxylic acids is 2. The SMILES string of the molecule is CSCCC(NC(=O)c1ccccc1Cl)C(=O)NCc1nnc2n1CCCCC2. The molecule has 156 valence electrons. The molecule has 1 atom stereocenters. The van der Waals surface area contributed by atoms with E-state index in [1.165, 1.54) is 6.42 Å². The standard InChI is InChI=1S/C20H26ClN5O2S/c1-29-12-10-16(23-19(27)14-7-4-5-8-15(14)21)20(28)22-13-18-25-24-17-9-3-2-6-11-26(17)18/h4-5,7-8,16H,2-3,6,9-13H2,1H3,(H,22,28)(H,23,27). The molecule has 1 aromatic carbocycles. The highest BCUT2D eigenvalue weighted by Gasteiger charge is 2.23. The zero-order valence-corrected chi connectivity index (χ0v) is 18.1. The largest absolute Gasteiger partial charge is 0.347 e. The Balaban J connectivity index is 1.64. The molecule has 1 aromatic heterocycles. The Morgan fingerprint density at radius 2 is 2.07 bits per heavy atom. The van der Waals surface area contributed by atoms with Crippen molar-refractivity contribution in [3.63, 3.8) is 0 Å². The van der Waals surface area contributed by atoms with Crippen molar-refractivity contribution < 1.29 is 9.59 Å². The van der Waals surface area contributed by atoms with Crippen LogP contribution in [0.5, 0.6) is 0 Å². The van der Waals surface area contributed by atoms with E-state index < -0.39 is 6.04 Å². The average molecular weight is 436 g/mol. The van der Waals surface area contributed by atoms with Crippen LogP contribution in [0, 0.1) is 0 Å². The molecule has 7 nitrogen and oxygen atoms in total. The third kappa shape index (κ3) is 5.73. The predicted molar refractivity (Wildman–Crippen MR) is 115 cm³/mol. The summed E-state index contributed by atoms with van der Waals surface area (Å²) in [7, 11) is 0. The highest BCUT2D eigenvalue weighted by molar-refractivity contribution is 7.98. The molecule has 29 heavy (non-hydrogen) atoms. The van der Waals surface area contributed by atoms with E-state index in [0.29, 0.717) is 23.6 Å². The van der Waals surface area contributed by atoms with E-state index in [2.05, 4.69) is 25.4 Å². The molecule has 0 spiro atoms. The zero-order chi connectivity index (χ0) is 20.6. The van der Waals surface area contributed by atoms with Gasteiger partial charge in [0.15, 0.2) is 5.82 Å². The minimum atomic E-state index is -0.641. The van der Waals surface area contributed by atoms with Crippen LogP contribution in [-0.2, 0) is 24.3 Å². The van der Waals surface area contributed by atoms with E-state index in [0.717, 1.165) is 43.2 Å². The number of fused-ring (bicyclic) bond motifs is 1. The number of carbonyl (C=O) groups is 2. The number of amides is 2. The zero-order valence-electron chi connectivity index (χ0n) is 16.5. The van der Waals surface area contributed by atoms with Gasteiger partial charge < -0.3 is 15.2 Å². The van der Waals surface area contributed by atoms with Gasteiger partial charge in [0.1, 0.15) is 11.9 Å². The fourth-order valence-corrected chi connectivity index (χ4v) is 4.04. The van der Waals surface area contributed by atoms with Crippen LogP contribution in [0.1, 0.15) is 47.7 Å². The molecule has 1 aliphatic rings. The van der Waals surface area contributed by atoms with Crippen molar-refractivity contribution in [1.82, 2.24) is 25.4 Å². The maximum absolute atomic E-state index is 12.8. The number of nitrogens with one attached hydrogen (secondary N) is 2. The molecule has 9 heteroatoms. The fourth-order valence-electron chi connectivity index (χ4n) is 3.35. The highest BCUT2D eigenvalue weighted by atomic mass is 35.5. The first kappa shape index (κ1) is 21.6. The summed E-state index contributed by atoms with van der Waals surface area (Å²) in [6.07, 6.45) is 6.81. The molecular formula is C20H26ClN5O2S. The Bertz CT molecular complexity index is 857. The molecule has 2 amide bonds. The van der Waals surface area contributed by atoms with Crippen molar-refractivity contribution in [3.8, 4) is 0 Å². The lowest BCUT2D eigenvalue weighted by Gasteiger charge is -2.18. The molecule has 3 rings (SSSR count). The van der Waals surface area contributed by atoms with E-state index in [-0.39, 0.29) is 11.8 Å². The van der Waals surface area contributed by atoms with E-state index in [1.807, 2.05) is 6.26 Å². The number of aryl methyl sites for hydroxylation is 1. The molecular weight excluding hydrogens is 410 g/mol. The van der Waals surface area contributed by atoms with Gasteiger partial charge in [-0.15, -0.1) is 10.2 Å². The first-order valence-electron chi connectivity index (χ1n) is 9.83. The van der Waals surface area contributed by atoms with Crippen LogP contribution in [0.25, 0.3) is 0 Å². The lowest BCUT2D eigenvalue weighted by molar-refractivity contribution is -0.123. The number of aromatic nitrogens is 3. The summed E-state index contributed by atoms with van der Waals surface area (Å²) in [5.41, 5.74) is 0.360. The Labute approximate surface area is 180 Å². The molecule has 0 radical (unpaired) electrons. The van der Waals surface area contributed by atoms with E-state index in [9.17, 15) is 9.59 Å². The van der Waals surface area contributed by atoms with Crippen LogP contribution in [0.15, 0.2) is 24.3 Å². The Morgan fingerprint density at radius 3 is 2.86 bits per heavy atom. The van der Waals surface area contributed by atoms with E-state index in [1.54, 1.807) is 36.0 Å². The third-order valence-corrected chi connectivity index (χ3v) is 5.93. The first-order valence-corrected chi connectivity index (χ1v) is 11.6. The normalized spacial score (nSPS) is 14.6. The molecule has 2 N–H and O–H groups in total. The van der Waals surface area contributed by atoms with Crippen molar-refractivity contribution in [2.75, 3.05) is 12.0 Å². The van der Waals surface area contributed by atoms with Gasteiger partial charge in [-0.2, -0.15) is 11.8 Å². The van der Waals surface area contributed by atoms with Gasteiger partial charge in [0.05, 0.1) is 17.1 Å². The molecule has 0 fully saturated rings. The third-order valence-electron chi connectivity index (χ3n) is 4.96. The number of benzene rings is 1. The minimum absolute atomic E-state index is 0.231. The van der Waals surface area contributed by atoms with Gasteiger partial charge in [0, 0.05) is 13.0 Å². The quantitative estimate of drug-likeness (QED) is 0.665. The van der Waals surface area contributed by atoms with Gasteiger partial charge in [-0.3, -0.25) is 9.59 Å². The van der Waals surface area contributed by atoms with Gasteiger partial charge in [-0.1, -0.05) is 30.2 Å². The van der Waals surface area contributed by atoms with Gasteiger partial charge in [-0.05, 0) is 43.4 Å². The topological polar surface area (TPSA) is 88.9 Å². The van der Waals surface area contributed by atoms with Crippen LogP contribution in [0.2, 0.25) is 5.02 Å². The van der Waals surface area contributed by atoms with Crippen molar-refractivity contribution in [2.45, 2.75) is 51.2 Å². The van der Waals surface area contributed by atoms with Crippen molar-refractivity contribution >= 4 is 35.2 Å². The number of hydrogen-bond acceptors (Lipinski definition) is 5. The predicted octanol–water partition coefficient (Wildman–Crippen LogP) is 2.83. The Kier molecular flexibility index (Phi) is 7.94. The molecule has 1 aliphatic heterocycles. The van der Waals surface area contributed by atoms with E-state index in [4.69, 9.17) is 11.6 Å². The molecule has 2 aromatic rings. The van der Waals surface area contributed by atoms with Gasteiger partial charge >= 0.3 is 0 Å². The summed E-state index contributed by atoms with van der Waals surface area (Å²) in [5, 5.41) is 14.6. The second-order valence-corrected chi connectivity index (χ2v) is 8.39. The summed E-state index contributed by atoms with van der Waals surface area (Å²) < 4.78 is 2.10. The molecule has 0 bridgehead atoms. The molecule has 1 unspecified atom stereocenters. The monoisotopic (exact) mass is 435 g/mol. The molecule has 0 saturated carbocycles. The Morgan fingerprint density at radius 1 is 1.24 bits per heavy atom. The van der Waals surface area contributed by atoms with Crippen LogP contribution in [0.4, 0.5) is 0 Å². The van der Waals surface area contributed by atoms with Crippen molar-refractivity contribution in [1.29, 1.82) is 0 Å². The summed E-state index contributed by atoms with van der Waals surface area (Å²) in [5.74, 6) is 1.91. The number of nitrogens with zero attached hydrogens (tertiary/aromatic N) is 3. The number of hydrogen-bond donors (Lipinski definition) is 2. The lowest BCUT2D eigenvalue weighted by Crippen LogP contribution is -2.47. The maximum Gasteiger partial charge on any atom is 0.253 e. The van der Waals surface area contributed by atoms with E-state index >= 15 is 0 Å².